The minimum absolute atomic E-state index is 0.0416. The van der Waals surface area contributed by atoms with Crippen molar-refractivity contribution in [2.75, 3.05) is 38.0 Å². The monoisotopic (exact) mass is 410 g/mol. The summed E-state index contributed by atoms with van der Waals surface area (Å²) in [5.74, 6) is -0.183. The van der Waals surface area contributed by atoms with Gasteiger partial charge in [0.1, 0.15) is 5.69 Å². The Labute approximate surface area is 177 Å². The summed E-state index contributed by atoms with van der Waals surface area (Å²) in [6, 6.07) is 5.94. The molecule has 1 fully saturated rings. The number of para-hydroxylation sites is 1. The molecule has 2 aromatic rings. The number of benzene rings is 1. The van der Waals surface area contributed by atoms with Crippen LogP contribution in [-0.2, 0) is 4.79 Å². The van der Waals surface area contributed by atoms with Gasteiger partial charge in [-0.05, 0) is 51.3 Å². The van der Waals surface area contributed by atoms with E-state index >= 15 is 0 Å². The van der Waals surface area contributed by atoms with Crippen LogP contribution in [0.25, 0.3) is 0 Å². The summed E-state index contributed by atoms with van der Waals surface area (Å²) < 4.78 is 0. The van der Waals surface area contributed by atoms with Crippen LogP contribution in [0.4, 0.5) is 5.69 Å². The number of aromatic amines is 1. The smallest absolute Gasteiger partial charge is 0.270 e. The summed E-state index contributed by atoms with van der Waals surface area (Å²) in [5, 5.41) is 3.01. The van der Waals surface area contributed by atoms with Gasteiger partial charge < -0.3 is 15.2 Å². The Hall–Kier alpha value is -2.93. The van der Waals surface area contributed by atoms with Gasteiger partial charge in [0.25, 0.3) is 5.91 Å². The Bertz CT molecular complexity index is 964. The number of nitrogens with zero attached hydrogens (tertiary/aromatic N) is 2. The van der Waals surface area contributed by atoms with Crippen LogP contribution >= 0.6 is 0 Å². The number of H-pyrrole nitrogens is 1. The van der Waals surface area contributed by atoms with E-state index in [4.69, 9.17) is 0 Å². The summed E-state index contributed by atoms with van der Waals surface area (Å²) in [6.45, 7) is 11.7. The number of carbonyl (C=O) groups is 3. The summed E-state index contributed by atoms with van der Waals surface area (Å²) in [7, 11) is 0. The van der Waals surface area contributed by atoms with E-state index in [2.05, 4.69) is 15.2 Å². The van der Waals surface area contributed by atoms with Gasteiger partial charge in [0.15, 0.2) is 5.78 Å². The molecule has 1 aromatic heterocycles. The second-order valence-electron chi connectivity index (χ2n) is 8.06. The van der Waals surface area contributed by atoms with E-state index in [1.54, 1.807) is 4.90 Å². The average Bonchev–Trinajstić information content (AvgIpc) is 2.99. The molecule has 2 N–H and O–H groups in total. The van der Waals surface area contributed by atoms with E-state index < -0.39 is 0 Å². The molecule has 7 heteroatoms. The van der Waals surface area contributed by atoms with Crippen molar-refractivity contribution in [3.05, 3.63) is 51.8 Å². The highest BCUT2D eigenvalue weighted by atomic mass is 16.2. The third-order valence-electron chi connectivity index (χ3n) is 5.78. The standard InChI is InChI=1S/C23H30N4O3/c1-14-7-6-8-15(2)21(14)25-19(29)13-26-9-11-27(12-10-26)23(30)22-16(3)20(18(5)28)17(4)24-22/h6-8,24H,9-13H2,1-5H3,(H,25,29). The Morgan fingerprint density at radius 1 is 1.00 bits per heavy atom. The molecule has 160 valence electrons. The van der Waals surface area contributed by atoms with Crippen LogP contribution in [0.1, 0.15) is 50.2 Å². The summed E-state index contributed by atoms with van der Waals surface area (Å²) in [5.41, 5.74) is 5.47. The van der Waals surface area contributed by atoms with Crippen molar-refractivity contribution in [3.8, 4) is 0 Å². The molecule has 0 bridgehead atoms. The first kappa shape index (κ1) is 21.8. The van der Waals surface area contributed by atoms with Gasteiger partial charge in [0.05, 0.1) is 6.54 Å². The first-order valence-electron chi connectivity index (χ1n) is 10.3. The summed E-state index contributed by atoms with van der Waals surface area (Å²) in [6.07, 6.45) is 0. The fraction of sp³-hybridized carbons (Fsp3) is 0.435. The van der Waals surface area contributed by atoms with Crippen LogP contribution in [0, 0.1) is 27.7 Å². The van der Waals surface area contributed by atoms with Crippen LogP contribution < -0.4 is 5.32 Å². The molecular weight excluding hydrogens is 380 g/mol. The molecular formula is C23H30N4O3. The van der Waals surface area contributed by atoms with Crippen molar-refractivity contribution in [1.29, 1.82) is 0 Å². The van der Waals surface area contributed by atoms with Crippen LogP contribution in [0.5, 0.6) is 0 Å². The molecule has 1 aliphatic heterocycles. The highest BCUT2D eigenvalue weighted by Crippen LogP contribution is 2.21. The normalized spacial score (nSPS) is 14.6. The zero-order valence-electron chi connectivity index (χ0n) is 18.4. The number of piperazine rings is 1. The van der Waals surface area contributed by atoms with Gasteiger partial charge in [0.2, 0.25) is 5.91 Å². The maximum Gasteiger partial charge on any atom is 0.270 e. The molecule has 0 spiro atoms. The molecule has 2 amide bonds. The van der Waals surface area contributed by atoms with E-state index in [-0.39, 0.29) is 17.6 Å². The van der Waals surface area contributed by atoms with E-state index in [1.165, 1.54) is 6.92 Å². The predicted molar refractivity (Wildman–Crippen MR) is 117 cm³/mol. The predicted octanol–water partition coefficient (Wildman–Crippen LogP) is 2.85. The molecule has 0 aliphatic carbocycles. The number of hydrogen-bond acceptors (Lipinski definition) is 4. The molecule has 1 aromatic carbocycles. The molecule has 0 atom stereocenters. The lowest BCUT2D eigenvalue weighted by atomic mass is 10.1. The lowest BCUT2D eigenvalue weighted by Gasteiger charge is -2.34. The zero-order chi connectivity index (χ0) is 22.0. The summed E-state index contributed by atoms with van der Waals surface area (Å²) in [4.78, 5) is 44.2. The third-order valence-corrected chi connectivity index (χ3v) is 5.78. The van der Waals surface area contributed by atoms with Gasteiger partial charge in [-0.2, -0.15) is 0 Å². The minimum atomic E-state index is -0.0947. The Morgan fingerprint density at radius 3 is 2.13 bits per heavy atom. The lowest BCUT2D eigenvalue weighted by molar-refractivity contribution is -0.117. The van der Waals surface area contributed by atoms with Crippen LogP contribution in [0.15, 0.2) is 18.2 Å². The number of aryl methyl sites for hydroxylation is 3. The minimum Gasteiger partial charge on any atom is -0.354 e. The maximum atomic E-state index is 12.9. The van der Waals surface area contributed by atoms with Crippen LogP contribution in [0.2, 0.25) is 0 Å². The van der Waals surface area contributed by atoms with E-state index in [0.717, 1.165) is 22.5 Å². The molecule has 1 saturated heterocycles. The number of ketones is 1. The summed E-state index contributed by atoms with van der Waals surface area (Å²) >= 11 is 0. The first-order valence-corrected chi connectivity index (χ1v) is 10.3. The molecule has 3 rings (SSSR count). The fourth-order valence-electron chi connectivity index (χ4n) is 4.15. The Morgan fingerprint density at radius 2 is 1.60 bits per heavy atom. The SMILES string of the molecule is CC(=O)c1c(C)[nH]c(C(=O)N2CCN(CC(=O)Nc3c(C)cccc3C)CC2)c1C. The number of amides is 2. The van der Waals surface area contributed by atoms with Crippen LogP contribution in [0.3, 0.4) is 0 Å². The van der Waals surface area contributed by atoms with Gasteiger partial charge in [0, 0.05) is 43.1 Å². The molecule has 1 aliphatic rings. The van der Waals surface area contributed by atoms with E-state index in [1.807, 2.05) is 45.9 Å². The van der Waals surface area contributed by atoms with Gasteiger partial charge in [-0.15, -0.1) is 0 Å². The molecule has 30 heavy (non-hydrogen) atoms. The lowest BCUT2D eigenvalue weighted by Crippen LogP contribution is -2.50. The number of aromatic nitrogens is 1. The molecule has 0 saturated carbocycles. The Balaban J connectivity index is 1.57. The largest absolute Gasteiger partial charge is 0.354 e. The van der Waals surface area contributed by atoms with Crippen molar-refractivity contribution < 1.29 is 14.4 Å². The van der Waals surface area contributed by atoms with Crippen molar-refractivity contribution in [2.24, 2.45) is 0 Å². The van der Waals surface area contributed by atoms with Gasteiger partial charge >= 0.3 is 0 Å². The van der Waals surface area contributed by atoms with E-state index in [0.29, 0.717) is 49.5 Å². The molecule has 2 heterocycles. The van der Waals surface area contributed by atoms with Gasteiger partial charge in [-0.1, -0.05) is 18.2 Å². The van der Waals surface area contributed by atoms with Crippen molar-refractivity contribution in [2.45, 2.75) is 34.6 Å². The number of Topliss-reactive ketones (excluding diaryl/α,β-unsaturated/α-hetero) is 1. The molecule has 0 radical (unpaired) electrons. The first-order chi connectivity index (χ1) is 14.2. The van der Waals surface area contributed by atoms with Crippen molar-refractivity contribution in [1.82, 2.24) is 14.8 Å². The number of anilines is 1. The topological polar surface area (TPSA) is 85.5 Å². The second kappa shape index (κ2) is 8.83. The maximum absolute atomic E-state index is 12.9. The van der Waals surface area contributed by atoms with E-state index in [9.17, 15) is 14.4 Å². The quantitative estimate of drug-likeness (QED) is 0.743. The fourth-order valence-corrected chi connectivity index (χ4v) is 4.15. The molecule has 7 nitrogen and oxygen atoms in total. The third kappa shape index (κ3) is 4.46. The average molecular weight is 411 g/mol. The number of carbonyl (C=O) groups excluding carboxylic acids is 3. The number of hydrogen-bond donors (Lipinski definition) is 2. The van der Waals surface area contributed by atoms with Crippen molar-refractivity contribution in [3.63, 3.8) is 0 Å². The number of nitrogens with one attached hydrogen (secondary N) is 2. The van der Waals surface area contributed by atoms with Gasteiger partial charge in [-0.3, -0.25) is 19.3 Å². The highest BCUT2D eigenvalue weighted by molar-refractivity contribution is 6.02. The Kier molecular flexibility index (Phi) is 6.41. The van der Waals surface area contributed by atoms with Gasteiger partial charge in [-0.25, -0.2) is 0 Å². The number of rotatable bonds is 5. The second-order valence-corrected chi connectivity index (χ2v) is 8.06. The zero-order valence-corrected chi connectivity index (χ0v) is 18.4. The van der Waals surface area contributed by atoms with Crippen LogP contribution in [-0.4, -0.2) is 65.1 Å². The highest BCUT2D eigenvalue weighted by Gasteiger charge is 2.27. The molecule has 0 unspecified atom stereocenters. The van der Waals surface area contributed by atoms with Crippen molar-refractivity contribution >= 4 is 23.3 Å².